The number of carbonyl (C=O) groups is 1. The third-order valence-electron chi connectivity index (χ3n) is 1.76. The fourth-order valence-electron chi connectivity index (χ4n) is 1.12. The van der Waals surface area contributed by atoms with Crippen LogP contribution in [-0.4, -0.2) is 19.7 Å². The maximum atomic E-state index is 10.9. The third-order valence-corrected chi connectivity index (χ3v) is 1.76. The summed E-state index contributed by atoms with van der Waals surface area (Å²) in [4.78, 5) is 10.9. The summed E-state index contributed by atoms with van der Waals surface area (Å²) < 4.78 is 0. The second kappa shape index (κ2) is 2.52. The van der Waals surface area contributed by atoms with Gasteiger partial charge in [0.1, 0.15) is 5.78 Å². The van der Waals surface area contributed by atoms with Crippen molar-refractivity contribution >= 4 is 13.6 Å². The van der Waals surface area contributed by atoms with Gasteiger partial charge in [-0.05, 0) is 12.2 Å². The van der Waals surface area contributed by atoms with E-state index in [0.717, 1.165) is 19.3 Å². The lowest BCUT2D eigenvalue weighted by Gasteiger charge is -2.21. The molecule has 1 aliphatic rings. The fourth-order valence-corrected chi connectivity index (χ4v) is 1.12. The summed E-state index contributed by atoms with van der Waals surface area (Å²) >= 11 is 0. The molecule has 1 rings (SSSR count). The first-order valence-electron chi connectivity index (χ1n) is 3.26. The van der Waals surface area contributed by atoms with E-state index in [4.69, 9.17) is 13.6 Å². The summed E-state index contributed by atoms with van der Waals surface area (Å²) in [7, 11) is 5.44. The molecule has 0 aromatic carbocycles. The SMILES string of the molecule is [B]C1CCCC(N)C1=O. The van der Waals surface area contributed by atoms with Crippen molar-refractivity contribution in [3.8, 4) is 0 Å². The van der Waals surface area contributed by atoms with Crippen molar-refractivity contribution in [1.82, 2.24) is 0 Å². The van der Waals surface area contributed by atoms with Crippen LogP contribution in [0.25, 0.3) is 0 Å². The van der Waals surface area contributed by atoms with Crippen molar-refractivity contribution in [2.24, 2.45) is 5.73 Å². The van der Waals surface area contributed by atoms with E-state index in [-0.39, 0.29) is 17.6 Å². The van der Waals surface area contributed by atoms with E-state index >= 15 is 0 Å². The average Bonchev–Trinajstić information content (AvgIpc) is 1.83. The van der Waals surface area contributed by atoms with Crippen LogP contribution in [0.15, 0.2) is 0 Å². The molecule has 2 N–H and O–H groups in total. The van der Waals surface area contributed by atoms with E-state index in [1.54, 1.807) is 0 Å². The highest BCUT2D eigenvalue weighted by Crippen LogP contribution is 2.21. The van der Waals surface area contributed by atoms with Gasteiger partial charge in [-0.25, -0.2) is 0 Å². The van der Waals surface area contributed by atoms with Crippen LogP contribution >= 0.6 is 0 Å². The van der Waals surface area contributed by atoms with Gasteiger partial charge >= 0.3 is 0 Å². The van der Waals surface area contributed by atoms with Crippen molar-refractivity contribution in [2.75, 3.05) is 0 Å². The fraction of sp³-hybridized carbons (Fsp3) is 0.833. The molecule has 48 valence electrons. The average molecular weight is 123 g/mol. The molecular formula is C6H10BNO. The quantitative estimate of drug-likeness (QED) is 0.461. The molecule has 1 aliphatic carbocycles. The van der Waals surface area contributed by atoms with Gasteiger partial charge < -0.3 is 5.73 Å². The normalized spacial score (nSPS) is 36.8. The number of rotatable bonds is 0. The number of hydrogen-bond donors (Lipinski definition) is 1. The summed E-state index contributed by atoms with van der Waals surface area (Å²) in [5.41, 5.74) is 5.44. The van der Waals surface area contributed by atoms with Crippen molar-refractivity contribution in [3.63, 3.8) is 0 Å². The minimum atomic E-state index is -0.284. The molecular weight excluding hydrogens is 113 g/mol. The van der Waals surface area contributed by atoms with Gasteiger partial charge in [0.15, 0.2) is 0 Å². The van der Waals surface area contributed by atoms with E-state index < -0.39 is 0 Å². The Bertz CT molecular complexity index is 114. The number of hydrogen-bond acceptors (Lipinski definition) is 2. The lowest BCUT2D eigenvalue weighted by Crippen LogP contribution is -2.36. The highest BCUT2D eigenvalue weighted by molar-refractivity contribution is 6.25. The monoisotopic (exact) mass is 123 g/mol. The number of ketones is 1. The third kappa shape index (κ3) is 1.33. The van der Waals surface area contributed by atoms with Crippen LogP contribution in [0.4, 0.5) is 0 Å². The molecule has 0 aliphatic heterocycles. The molecule has 0 aromatic rings. The topological polar surface area (TPSA) is 43.1 Å². The van der Waals surface area contributed by atoms with Gasteiger partial charge in [-0.2, -0.15) is 0 Å². The Morgan fingerprint density at radius 3 is 2.67 bits per heavy atom. The lowest BCUT2D eigenvalue weighted by atomic mass is 9.73. The predicted molar refractivity (Wildman–Crippen MR) is 36.3 cm³/mol. The smallest absolute Gasteiger partial charge is 0.143 e. The van der Waals surface area contributed by atoms with Gasteiger partial charge in [-0.15, -0.1) is 0 Å². The van der Waals surface area contributed by atoms with Crippen molar-refractivity contribution in [2.45, 2.75) is 31.1 Å². The van der Waals surface area contributed by atoms with E-state index in [1.807, 2.05) is 0 Å². The molecule has 0 bridgehead atoms. The van der Waals surface area contributed by atoms with Gasteiger partial charge in [-0.1, -0.05) is 12.8 Å². The largest absolute Gasteiger partial charge is 0.322 e. The molecule has 0 saturated heterocycles. The Hall–Kier alpha value is -0.305. The van der Waals surface area contributed by atoms with Gasteiger partial charge in [0.05, 0.1) is 13.9 Å². The summed E-state index contributed by atoms with van der Waals surface area (Å²) in [6.45, 7) is 0. The Balaban J connectivity index is 2.52. The first-order valence-corrected chi connectivity index (χ1v) is 3.26. The maximum absolute atomic E-state index is 10.9. The molecule has 0 heterocycles. The summed E-state index contributed by atoms with van der Waals surface area (Å²) in [5.74, 6) is -0.255. The van der Waals surface area contributed by atoms with E-state index in [0.29, 0.717) is 0 Å². The van der Waals surface area contributed by atoms with Gasteiger partial charge in [0.25, 0.3) is 0 Å². The molecule has 2 nitrogen and oxygen atoms in total. The number of Topliss-reactive ketones (excluding diaryl/α,β-unsaturated/α-hetero) is 1. The second-order valence-electron chi connectivity index (χ2n) is 2.55. The zero-order chi connectivity index (χ0) is 6.85. The highest BCUT2D eigenvalue weighted by Gasteiger charge is 2.23. The van der Waals surface area contributed by atoms with Crippen LogP contribution in [0, 0.1) is 0 Å². The molecule has 3 heteroatoms. The first-order chi connectivity index (χ1) is 4.22. The second-order valence-corrected chi connectivity index (χ2v) is 2.55. The highest BCUT2D eigenvalue weighted by atomic mass is 16.1. The van der Waals surface area contributed by atoms with Crippen molar-refractivity contribution in [3.05, 3.63) is 0 Å². The van der Waals surface area contributed by atoms with Gasteiger partial charge in [0.2, 0.25) is 0 Å². The molecule has 0 aromatic heterocycles. The zero-order valence-electron chi connectivity index (χ0n) is 5.34. The van der Waals surface area contributed by atoms with Crippen LogP contribution in [0.2, 0.25) is 5.82 Å². The van der Waals surface area contributed by atoms with Crippen molar-refractivity contribution < 1.29 is 4.79 Å². The lowest BCUT2D eigenvalue weighted by molar-refractivity contribution is -0.121. The Labute approximate surface area is 56.2 Å². The Morgan fingerprint density at radius 2 is 2.22 bits per heavy atom. The minimum absolute atomic E-state index is 0.0289. The predicted octanol–water partition coefficient (Wildman–Crippen LogP) is 0.0237. The van der Waals surface area contributed by atoms with Crippen LogP contribution in [0.3, 0.4) is 0 Å². The molecule has 2 unspecified atom stereocenters. The maximum Gasteiger partial charge on any atom is 0.143 e. The van der Waals surface area contributed by atoms with Gasteiger partial charge in [0, 0.05) is 0 Å². The van der Waals surface area contributed by atoms with Gasteiger partial charge in [-0.3, -0.25) is 4.79 Å². The van der Waals surface area contributed by atoms with Crippen LogP contribution in [0.5, 0.6) is 0 Å². The Kier molecular flexibility index (Phi) is 1.91. The molecule has 0 spiro atoms. The molecule has 2 radical (unpaired) electrons. The van der Waals surface area contributed by atoms with E-state index in [1.165, 1.54) is 0 Å². The Morgan fingerprint density at radius 1 is 1.56 bits per heavy atom. The minimum Gasteiger partial charge on any atom is -0.322 e. The zero-order valence-corrected chi connectivity index (χ0v) is 5.34. The summed E-state index contributed by atoms with van der Waals surface area (Å²) in [5, 5.41) is 0. The molecule has 1 saturated carbocycles. The van der Waals surface area contributed by atoms with Crippen LogP contribution in [0.1, 0.15) is 19.3 Å². The van der Waals surface area contributed by atoms with E-state index in [9.17, 15) is 4.79 Å². The van der Waals surface area contributed by atoms with Crippen molar-refractivity contribution in [1.29, 1.82) is 0 Å². The molecule has 1 fully saturated rings. The first kappa shape index (κ1) is 6.81. The van der Waals surface area contributed by atoms with E-state index in [2.05, 4.69) is 0 Å². The van der Waals surface area contributed by atoms with Crippen LogP contribution < -0.4 is 5.73 Å². The standard InChI is InChI=1S/C6H10BNO/c7-4-2-1-3-5(8)6(4)9/h4-5H,1-3,8H2. The summed E-state index contributed by atoms with van der Waals surface area (Å²) in [6.07, 6.45) is 2.62. The molecule has 2 atom stereocenters. The number of nitrogens with two attached hydrogens (primary N) is 1. The molecule has 0 amide bonds. The summed E-state index contributed by atoms with van der Waals surface area (Å²) in [6, 6.07) is -0.284. The number of carbonyl (C=O) groups excluding carboxylic acids is 1. The van der Waals surface area contributed by atoms with Crippen LogP contribution in [-0.2, 0) is 4.79 Å². The molecule has 9 heavy (non-hydrogen) atoms.